The molecule has 0 aliphatic carbocycles. The summed E-state index contributed by atoms with van der Waals surface area (Å²) in [5.74, 6) is -0.0943. The normalized spacial score (nSPS) is 10.7. The van der Waals surface area contributed by atoms with Crippen molar-refractivity contribution in [1.82, 2.24) is 9.97 Å². The molecule has 0 aliphatic heterocycles. The van der Waals surface area contributed by atoms with Gasteiger partial charge in [0.2, 0.25) is 5.91 Å². The zero-order chi connectivity index (χ0) is 17.8. The molecular weight excluding hydrogens is 343 g/mol. The monoisotopic (exact) mass is 358 g/mol. The molecule has 2 N–H and O–H groups in total. The topological polar surface area (TPSA) is 66.9 Å². The molecule has 0 saturated carbocycles. The van der Waals surface area contributed by atoms with E-state index in [1.807, 2.05) is 13.0 Å². The Hall–Kier alpha value is -2.73. The molecule has 7 heteroatoms. The SMILES string of the molecule is Cc1ccc(NC(=O)CCNc2ncnc3c(F)cccc23)c(Cl)c1. The third-order valence-corrected chi connectivity index (χ3v) is 3.97. The number of rotatable bonds is 5. The number of aryl methyl sites for hydroxylation is 1. The first-order chi connectivity index (χ1) is 12.0. The summed E-state index contributed by atoms with van der Waals surface area (Å²) in [5, 5.41) is 6.88. The lowest BCUT2D eigenvalue weighted by Gasteiger charge is -2.10. The quantitative estimate of drug-likeness (QED) is 0.718. The van der Waals surface area contributed by atoms with Crippen molar-refractivity contribution in [2.75, 3.05) is 17.2 Å². The first-order valence-corrected chi connectivity index (χ1v) is 8.11. The molecule has 0 atom stereocenters. The van der Waals surface area contributed by atoms with Crippen LogP contribution < -0.4 is 10.6 Å². The van der Waals surface area contributed by atoms with Crippen LogP contribution >= 0.6 is 11.6 Å². The molecule has 3 rings (SSSR count). The second kappa shape index (κ2) is 7.44. The van der Waals surface area contributed by atoms with Gasteiger partial charge in [-0.2, -0.15) is 0 Å². The van der Waals surface area contributed by atoms with Gasteiger partial charge in [-0.1, -0.05) is 23.7 Å². The smallest absolute Gasteiger partial charge is 0.226 e. The maximum atomic E-state index is 13.7. The Morgan fingerprint density at radius 3 is 2.88 bits per heavy atom. The highest BCUT2D eigenvalue weighted by atomic mass is 35.5. The van der Waals surface area contributed by atoms with E-state index in [9.17, 15) is 9.18 Å². The lowest BCUT2D eigenvalue weighted by molar-refractivity contribution is -0.115. The van der Waals surface area contributed by atoms with Gasteiger partial charge in [-0.05, 0) is 36.8 Å². The van der Waals surface area contributed by atoms with Crippen molar-refractivity contribution in [1.29, 1.82) is 0 Å². The number of hydrogen-bond acceptors (Lipinski definition) is 4. The maximum absolute atomic E-state index is 13.7. The third kappa shape index (κ3) is 4.03. The fourth-order valence-electron chi connectivity index (χ4n) is 2.42. The predicted octanol–water partition coefficient (Wildman–Crippen LogP) is 4.17. The van der Waals surface area contributed by atoms with E-state index in [4.69, 9.17) is 11.6 Å². The van der Waals surface area contributed by atoms with Gasteiger partial charge in [-0.25, -0.2) is 14.4 Å². The van der Waals surface area contributed by atoms with Crippen LogP contribution in [-0.4, -0.2) is 22.4 Å². The van der Waals surface area contributed by atoms with Crippen molar-refractivity contribution in [2.24, 2.45) is 0 Å². The number of nitrogens with zero attached hydrogens (tertiary/aromatic N) is 2. The second-order valence-electron chi connectivity index (χ2n) is 5.57. The summed E-state index contributed by atoms with van der Waals surface area (Å²) in [6.45, 7) is 2.27. The van der Waals surface area contributed by atoms with Gasteiger partial charge in [-0.15, -0.1) is 0 Å². The summed E-state index contributed by atoms with van der Waals surface area (Å²) in [6, 6.07) is 10.1. The van der Waals surface area contributed by atoms with Gasteiger partial charge < -0.3 is 10.6 Å². The molecule has 0 unspecified atom stereocenters. The minimum absolute atomic E-state index is 0.178. The zero-order valence-corrected chi connectivity index (χ0v) is 14.3. The highest BCUT2D eigenvalue weighted by Crippen LogP contribution is 2.23. The van der Waals surface area contributed by atoms with Crippen LogP contribution in [0.3, 0.4) is 0 Å². The van der Waals surface area contributed by atoms with Gasteiger partial charge >= 0.3 is 0 Å². The molecule has 0 bridgehead atoms. The predicted molar refractivity (Wildman–Crippen MR) is 97.4 cm³/mol. The maximum Gasteiger partial charge on any atom is 0.226 e. The van der Waals surface area contributed by atoms with Crippen molar-refractivity contribution in [3.8, 4) is 0 Å². The summed E-state index contributed by atoms with van der Waals surface area (Å²) in [7, 11) is 0. The molecule has 0 saturated heterocycles. The summed E-state index contributed by atoms with van der Waals surface area (Å²) < 4.78 is 13.7. The molecule has 3 aromatic rings. The Balaban J connectivity index is 1.61. The summed E-state index contributed by atoms with van der Waals surface area (Å²) in [6.07, 6.45) is 1.50. The van der Waals surface area contributed by atoms with Crippen LogP contribution in [0.1, 0.15) is 12.0 Å². The number of carbonyl (C=O) groups is 1. The van der Waals surface area contributed by atoms with E-state index in [1.54, 1.807) is 24.3 Å². The van der Waals surface area contributed by atoms with Crippen molar-refractivity contribution in [3.05, 3.63) is 59.1 Å². The van der Waals surface area contributed by atoms with Gasteiger partial charge in [0.1, 0.15) is 23.5 Å². The first-order valence-electron chi connectivity index (χ1n) is 7.73. The molecule has 1 amide bonds. The fraction of sp³-hybridized carbons (Fsp3) is 0.167. The first kappa shape index (κ1) is 17.1. The van der Waals surface area contributed by atoms with Crippen LogP contribution in [-0.2, 0) is 4.79 Å². The van der Waals surface area contributed by atoms with Crippen LogP contribution in [0.15, 0.2) is 42.7 Å². The van der Waals surface area contributed by atoms with Crippen molar-refractivity contribution in [2.45, 2.75) is 13.3 Å². The van der Waals surface area contributed by atoms with Gasteiger partial charge in [0.15, 0.2) is 0 Å². The van der Waals surface area contributed by atoms with Gasteiger partial charge in [-0.3, -0.25) is 4.79 Å². The molecule has 0 spiro atoms. The van der Waals surface area contributed by atoms with Crippen LogP contribution in [0, 0.1) is 12.7 Å². The highest BCUT2D eigenvalue weighted by Gasteiger charge is 2.09. The van der Waals surface area contributed by atoms with Gasteiger partial charge in [0, 0.05) is 18.4 Å². The molecule has 5 nitrogen and oxygen atoms in total. The molecule has 1 aromatic heterocycles. The number of amides is 1. The fourth-order valence-corrected chi connectivity index (χ4v) is 2.70. The van der Waals surface area contributed by atoms with E-state index in [2.05, 4.69) is 20.6 Å². The third-order valence-electron chi connectivity index (χ3n) is 3.66. The zero-order valence-electron chi connectivity index (χ0n) is 13.5. The minimum Gasteiger partial charge on any atom is -0.369 e. The lowest BCUT2D eigenvalue weighted by atomic mass is 10.2. The standard InChI is InChI=1S/C18H16ClFN4O/c1-11-5-6-15(13(19)9-11)24-16(25)7-8-21-18-12-3-2-4-14(20)17(12)22-10-23-18/h2-6,9-10H,7-8H2,1H3,(H,24,25)(H,21,22,23). The van der Waals surface area contributed by atoms with Crippen molar-refractivity contribution < 1.29 is 9.18 Å². The summed E-state index contributed by atoms with van der Waals surface area (Å²) in [5.41, 5.74) is 1.84. The number of benzene rings is 2. The largest absolute Gasteiger partial charge is 0.369 e. The van der Waals surface area contributed by atoms with Crippen molar-refractivity contribution >= 4 is 39.9 Å². The molecule has 128 valence electrons. The number of nitrogens with one attached hydrogen (secondary N) is 2. The Labute approximate surface area is 149 Å². The summed E-state index contributed by atoms with van der Waals surface area (Å²) >= 11 is 6.10. The van der Waals surface area contributed by atoms with E-state index in [0.717, 1.165) is 5.56 Å². The number of para-hydroxylation sites is 1. The Kier molecular flexibility index (Phi) is 5.09. The van der Waals surface area contributed by atoms with Crippen LogP contribution in [0.4, 0.5) is 15.9 Å². The van der Waals surface area contributed by atoms with Crippen LogP contribution in [0.5, 0.6) is 0 Å². The Morgan fingerprint density at radius 2 is 2.08 bits per heavy atom. The van der Waals surface area contributed by atoms with E-state index < -0.39 is 5.82 Å². The number of hydrogen-bond donors (Lipinski definition) is 2. The minimum atomic E-state index is -0.408. The molecule has 25 heavy (non-hydrogen) atoms. The van der Waals surface area contributed by atoms with E-state index in [-0.39, 0.29) is 17.8 Å². The highest BCUT2D eigenvalue weighted by molar-refractivity contribution is 6.33. The van der Waals surface area contributed by atoms with Crippen molar-refractivity contribution in [3.63, 3.8) is 0 Å². The lowest BCUT2D eigenvalue weighted by Crippen LogP contribution is -2.17. The Bertz CT molecular complexity index is 932. The van der Waals surface area contributed by atoms with E-state index in [1.165, 1.54) is 12.4 Å². The molecule has 2 aromatic carbocycles. The average Bonchev–Trinajstić information content (AvgIpc) is 2.58. The van der Waals surface area contributed by atoms with E-state index >= 15 is 0 Å². The molecule has 0 radical (unpaired) electrons. The summed E-state index contributed by atoms with van der Waals surface area (Å²) in [4.78, 5) is 20.1. The van der Waals surface area contributed by atoms with Gasteiger partial charge in [0.25, 0.3) is 0 Å². The number of carbonyl (C=O) groups excluding carboxylic acids is 1. The molecule has 1 heterocycles. The average molecular weight is 359 g/mol. The number of fused-ring (bicyclic) bond motifs is 1. The van der Waals surface area contributed by atoms with Crippen LogP contribution in [0.25, 0.3) is 10.9 Å². The van der Waals surface area contributed by atoms with Gasteiger partial charge in [0.05, 0.1) is 10.7 Å². The van der Waals surface area contributed by atoms with E-state index in [0.29, 0.717) is 28.5 Å². The number of anilines is 2. The number of halogens is 2. The Morgan fingerprint density at radius 1 is 1.24 bits per heavy atom. The molecule has 0 aliphatic rings. The second-order valence-corrected chi connectivity index (χ2v) is 5.97. The molecular formula is C18H16ClFN4O. The molecule has 0 fully saturated rings. The number of aromatic nitrogens is 2. The van der Waals surface area contributed by atoms with Crippen LogP contribution in [0.2, 0.25) is 5.02 Å².